The Labute approximate surface area is 163 Å². The zero-order chi connectivity index (χ0) is 20.8. The van der Waals surface area contributed by atoms with Gasteiger partial charge in [-0.15, -0.1) is 0 Å². The van der Waals surface area contributed by atoms with Crippen molar-refractivity contribution in [2.45, 2.75) is 79.4 Å². The molecule has 0 aliphatic heterocycles. The number of nitrogens with one attached hydrogen (secondary N) is 1. The monoisotopic (exact) mass is 399 g/mol. The van der Waals surface area contributed by atoms with Crippen LogP contribution in [0.25, 0.3) is 0 Å². The van der Waals surface area contributed by atoms with Gasteiger partial charge in [0.2, 0.25) is 0 Å². The number of ether oxygens (including phenoxy) is 1. The van der Waals surface area contributed by atoms with Gasteiger partial charge in [-0.25, -0.2) is 4.57 Å². The van der Waals surface area contributed by atoms with E-state index in [0.717, 1.165) is 11.1 Å². The number of hydrogen-bond donors (Lipinski definition) is 1. The van der Waals surface area contributed by atoms with E-state index in [4.69, 9.17) is 13.8 Å². The maximum Gasteiger partial charge on any atom is 0.459 e. The fourth-order valence-electron chi connectivity index (χ4n) is 2.59. The maximum absolute atomic E-state index is 13.4. The van der Waals surface area contributed by atoms with Crippen molar-refractivity contribution >= 4 is 13.7 Å². The Kier molecular flexibility index (Phi) is 9.00. The lowest BCUT2D eigenvalue weighted by atomic mass is 9.94. The van der Waals surface area contributed by atoms with Crippen molar-refractivity contribution < 1.29 is 23.1 Å². The molecule has 0 spiro atoms. The fraction of sp³-hybridized carbons (Fsp3) is 0.650. The molecule has 7 heteroatoms. The van der Waals surface area contributed by atoms with Crippen LogP contribution in [0, 0.1) is 0 Å². The Balaban J connectivity index is 3.22. The average molecular weight is 399 g/mol. The molecular formula is C20H34NO5P. The van der Waals surface area contributed by atoms with E-state index in [-0.39, 0.29) is 24.5 Å². The highest BCUT2D eigenvalue weighted by atomic mass is 31.2. The highest BCUT2D eigenvalue weighted by molar-refractivity contribution is 7.52. The highest BCUT2D eigenvalue weighted by Crippen LogP contribution is 2.49. The Morgan fingerprint density at radius 2 is 1.56 bits per heavy atom. The summed E-state index contributed by atoms with van der Waals surface area (Å²) in [5.74, 6) is 0.403. The van der Waals surface area contributed by atoms with Crippen LogP contribution >= 0.6 is 7.75 Å². The van der Waals surface area contributed by atoms with Crippen molar-refractivity contribution in [2.24, 2.45) is 0 Å². The molecule has 0 saturated heterocycles. The van der Waals surface area contributed by atoms with E-state index < -0.39 is 19.8 Å². The van der Waals surface area contributed by atoms with Crippen LogP contribution in [0.15, 0.2) is 18.2 Å². The molecule has 0 fully saturated rings. The molecule has 0 radical (unpaired) electrons. The second-order valence-corrected chi connectivity index (χ2v) is 9.11. The molecule has 6 nitrogen and oxygen atoms in total. The third-order valence-corrected chi connectivity index (χ3v) is 5.61. The SMILES string of the molecule is CCOP(=O)(N[C@@H](C)C(=O)OC(C)C)Oc1c(C(C)C)cccc1C(C)C. The van der Waals surface area contributed by atoms with Crippen LogP contribution < -0.4 is 9.61 Å². The predicted molar refractivity (Wildman–Crippen MR) is 108 cm³/mol. The van der Waals surface area contributed by atoms with E-state index >= 15 is 0 Å². The molecule has 0 bridgehead atoms. The van der Waals surface area contributed by atoms with Gasteiger partial charge in [-0.2, -0.15) is 5.09 Å². The van der Waals surface area contributed by atoms with E-state index in [1.54, 1.807) is 27.7 Å². The third kappa shape index (κ3) is 6.95. The van der Waals surface area contributed by atoms with E-state index in [1.165, 1.54) is 0 Å². The van der Waals surface area contributed by atoms with Crippen molar-refractivity contribution in [3.05, 3.63) is 29.3 Å². The molecule has 0 heterocycles. The van der Waals surface area contributed by atoms with Gasteiger partial charge in [0.25, 0.3) is 0 Å². The van der Waals surface area contributed by atoms with Gasteiger partial charge in [0.1, 0.15) is 11.8 Å². The minimum absolute atomic E-state index is 0.178. The molecule has 1 rings (SSSR count). The summed E-state index contributed by atoms with van der Waals surface area (Å²) in [6.07, 6.45) is -0.261. The van der Waals surface area contributed by atoms with Gasteiger partial charge in [-0.3, -0.25) is 9.32 Å². The van der Waals surface area contributed by atoms with E-state index in [2.05, 4.69) is 5.09 Å². The van der Waals surface area contributed by atoms with E-state index in [9.17, 15) is 9.36 Å². The predicted octanol–water partition coefficient (Wildman–Crippen LogP) is 5.39. The van der Waals surface area contributed by atoms with Crippen LogP contribution in [-0.4, -0.2) is 24.7 Å². The number of carbonyl (C=O) groups excluding carboxylic acids is 1. The van der Waals surface area contributed by atoms with Crippen molar-refractivity contribution in [3.63, 3.8) is 0 Å². The molecule has 0 aliphatic rings. The smallest absolute Gasteiger partial charge is 0.459 e. The molecule has 27 heavy (non-hydrogen) atoms. The minimum Gasteiger partial charge on any atom is -0.462 e. The van der Waals surface area contributed by atoms with Crippen molar-refractivity contribution in [1.29, 1.82) is 0 Å². The minimum atomic E-state index is -3.78. The average Bonchev–Trinajstić information content (AvgIpc) is 2.53. The van der Waals surface area contributed by atoms with Crippen LogP contribution in [0.4, 0.5) is 0 Å². The lowest BCUT2D eigenvalue weighted by Gasteiger charge is -2.26. The molecule has 0 aromatic heterocycles. The first-order valence-electron chi connectivity index (χ1n) is 9.56. The molecule has 0 aliphatic carbocycles. The molecular weight excluding hydrogens is 365 g/mol. The second-order valence-electron chi connectivity index (χ2n) is 7.42. The molecule has 154 valence electrons. The van der Waals surface area contributed by atoms with Crippen LogP contribution in [0.2, 0.25) is 0 Å². The largest absolute Gasteiger partial charge is 0.462 e. The third-order valence-electron chi connectivity index (χ3n) is 3.89. The Morgan fingerprint density at radius 1 is 1.04 bits per heavy atom. The first kappa shape index (κ1) is 23.7. The Morgan fingerprint density at radius 3 is 1.96 bits per heavy atom. The zero-order valence-electron chi connectivity index (χ0n) is 17.7. The molecule has 1 unspecified atom stereocenters. The van der Waals surface area contributed by atoms with Gasteiger partial charge in [-0.05, 0) is 50.7 Å². The van der Waals surface area contributed by atoms with E-state index in [1.807, 2.05) is 45.9 Å². The number of benzene rings is 1. The first-order valence-corrected chi connectivity index (χ1v) is 11.1. The van der Waals surface area contributed by atoms with Gasteiger partial charge in [-0.1, -0.05) is 45.9 Å². The van der Waals surface area contributed by atoms with Gasteiger partial charge in [0.05, 0.1) is 12.7 Å². The molecule has 0 saturated carbocycles. The van der Waals surface area contributed by atoms with Crippen LogP contribution in [-0.2, 0) is 18.6 Å². The quantitative estimate of drug-likeness (QED) is 0.420. The maximum atomic E-state index is 13.4. The van der Waals surface area contributed by atoms with Crippen LogP contribution in [0.1, 0.15) is 78.4 Å². The number of carbonyl (C=O) groups is 1. The first-order chi connectivity index (χ1) is 12.5. The van der Waals surface area contributed by atoms with E-state index in [0.29, 0.717) is 5.75 Å². The van der Waals surface area contributed by atoms with Gasteiger partial charge in [0.15, 0.2) is 0 Å². The van der Waals surface area contributed by atoms with Gasteiger partial charge >= 0.3 is 13.7 Å². The summed E-state index contributed by atoms with van der Waals surface area (Å²) < 4.78 is 30.0. The Bertz CT molecular complexity index is 646. The van der Waals surface area contributed by atoms with Crippen molar-refractivity contribution in [3.8, 4) is 5.75 Å². The van der Waals surface area contributed by atoms with Gasteiger partial charge in [0, 0.05) is 0 Å². The van der Waals surface area contributed by atoms with Crippen molar-refractivity contribution in [2.75, 3.05) is 6.61 Å². The summed E-state index contributed by atoms with van der Waals surface area (Å²) in [7, 11) is -3.78. The summed E-state index contributed by atoms with van der Waals surface area (Å²) in [5, 5.41) is 2.72. The lowest BCUT2D eigenvalue weighted by Crippen LogP contribution is -2.36. The van der Waals surface area contributed by atoms with Crippen molar-refractivity contribution in [1.82, 2.24) is 5.09 Å². The molecule has 0 amide bonds. The van der Waals surface area contributed by atoms with Gasteiger partial charge < -0.3 is 9.26 Å². The lowest BCUT2D eigenvalue weighted by molar-refractivity contribution is -0.149. The topological polar surface area (TPSA) is 73.9 Å². The molecule has 1 aromatic rings. The summed E-state index contributed by atoms with van der Waals surface area (Å²) >= 11 is 0. The summed E-state index contributed by atoms with van der Waals surface area (Å²) in [6, 6.07) is 5.05. The summed E-state index contributed by atoms with van der Waals surface area (Å²) in [6.45, 7) is 15.2. The normalized spacial score (nSPS) is 15.1. The number of rotatable bonds is 10. The number of esters is 1. The summed E-state index contributed by atoms with van der Waals surface area (Å²) in [5.41, 5.74) is 1.89. The molecule has 2 atom stereocenters. The highest BCUT2D eigenvalue weighted by Gasteiger charge is 2.34. The molecule has 1 aromatic carbocycles. The van der Waals surface area contributed by atoms with Crippen LogP contribution in [0.5, 0.6) is 5.75 Å². The number of para-hydroxylation sites is 1. The standard InChI is InChI=1S/C20H34NO5P/c1-9-24-27(23,21-16(8)20(22)25-15(6)7)26-19-17(13(2)3)11-10-12-18(19)14(4)5/h10-16H,9H2,1-8H3,(H,21,23)/t16-,27?/m0/s1. The zero-order valence-corrected chi connectivity index (χ0v) is 18.6. The number of hydrogen-bond acceptors (Lipinski definition) is 5. The Hall–Kier alpha value is -1.36. The molecule has 1 N–H and O–H groups in total. The van der Waals surface area contributed by atoms with Crippen LogP contribution in [0.3, 0.4) is 0 Å². The second kappa shape index (κ2) is 10.3. The fourth-order valence-corrected chi connectivity index (χ4v) is 4.14. The summed E-state index contributed by atoms with van der Waals surface area (Å²) in [4.78, 5) is 12.1.